The first-order valence-corrected chi connectivity index (χ1v) is 6.21. The lowest BCUT2D eigenvalue weighted by Gasteiger charge is -2.33. The average Bonchev–Trinajstić information content (AvgIpc) is 2.79. The molecule has 0 amide bonds. The zero-order chi connectivity index (χ0) is 11.7. The SMILES string of the molecule is C[C@H]1CNCCN1Cc1ccc2cc[nH]c2n1. The molecule has 0 radical (unpaired) electrons. The van der Waals surface area contributed by atoms with Gasteiger partial charge in [-0.3, -0.25) is 4.90 Å². The summed E-state index contributed by atoms with van der Waals surface area (Å²) in [6, 6.07) is 6.91. The topological polar surface area (TPSA) is 44.0 Å². The number of fused-ring (bicyclic) bond motifs is 1. The van der Waals surface area contributed by atoms with E-state index in [2.05, 4.69) is 45.3 Å². The summed E-state index contributed by atoms with van der Waals surface area (Å²) in [5.74, 6) is 0. The Morgan fingerprint density at radius 1 is 1.41 bits per heavy atom. The highest BCUT2D eigenvalue weighted by atomic mass is 15.2. The minimum atomic E-state index is 0.588. The van der Waals surface area contributed by atoms with Crippen molar-refractivity contribution in [2.45, 2.75) is 19.5 Å². The quantitative estimate of drug-likeness (QED) is 0.818. The third-order valence-electron chi connectivity index (χ3n) is 3.47. The predicted octanol–water partition coefficient (Wildman–Crippen LogP) is 1.36. The lowest BCUT2D eigenvalue weighted by Crippen LogP contribution is -2.49. The normalized spacial score (nSPS) is 22.1. The Balaban J connectivity index is 1.79. The zero-order valence-corrected chi connectivity index (χ0v) is 10.1. The van der Waals surface area contributed by atoms with Crippen LogP contribution in [-0.4, -0.2) is 40.5 Å². The van der Waals surface area contributed by atoms with Crippen LogP contribution >= 0.6 is 0 Å². The number of hydrogen-bond donors (Lipinski definition) is 2. The van der Waals surface area contributed by atoms with Gasteiger partial charge in [0.1, 0.15) is 5.65 Å². The predicted molar refractivity (Wildman–Crippen MR) is 68.8 cm³/mol. The summed E-state index contributed by atoms with van der Waals surface area (Å²) in [4.78, 5) is 10.3. The highest BCUT2D eigenvalue weighted by molar-refractivity contribution is 5.75. The van der Waals surface area contributed by atoms with Gasteiger partial charge in [0, 0.05) is 43.8 Å². The van der Waals surface area contributed by atoms with Crippen LogP contribution in [-0.2, 0) is 6.54 Å². The molecule has 3 heterocycles. The van der Waals surface area contributed by atoms with Crippen LogP contribution < -0.4 is 5.32 Å². The molecule has 0 unspecified atom stereocenters. The largest absolute Gasteiger partial charge is 0.346 e. The second-order valence-electron chi connectivity index (χ2n) is 4.74. The summed E-state index contributed by atoms with van der Waals surface area (Å²) < 4.78 is 0. The summed E-state index contributed by atoms with van der Waals surface area (Å²) in [6.45, 7) is 6.46. The van der Waals surface area contributed by atoms with Crippen molar-refractivity contribution < 1.29 is 0 Å². The van der Waals surface area contributed by atoms with Crippen molar-refractivity contribution in [1.29, 1.82) is 0 Å². The van der Waals surface area contributed by atoms with Gasteiger partial charge < -0.3 is 10.3 Å². The molecule has 4 nitrogen and oxygen atoms in total. The molecule has 1 aliphatic rings. The molecule has 0 spiro atoms. The van der Waals surface area contributed by atoms with E-state index < -0.39 is 0 Å². The van der Waals surface area contributed by atoms with Crippen LogP contribution in [0.3, 0.4) is 0 Å². The molecule has 1 aliphatic heterocycles. The first-order chi connectivity index (χ1) is 8.33. The Kier molecular flexibility index (Phi) is 2.82. The van der Waals surface area contributed by atoms with E-state index in [1.165, 1.54) is 5.39 Å². The molecule has 2 aromatic heterocycles. The number of nitrogens with zero attached hydrogens (tertiary/aromatic N) is 2. The molecule has 90 valence electrons. The van der Waals surface area contributed by atoms with Gasteiger partial charge in [-0.1, -0.05) is 0 Å². The second-order valence-corrected chi connectivity index (χ2v) is 4.74. The van der Waals surface area contributed by atoms with Crippen LogP contribution in [0.4, 0.5) is 0 Å². The number of pyridine rings is 1. The van der Waals surface area contributed by atoms with Crippen LogP contribution in [0.5, 0.6) is 0 Å². The lowest BCUT2D eigenvalue weighted by atomic mass is 10.2. The van der Waals surface area contributed by atoms with Gasteiger partial charge in [-0.25, -0.2) is 4.98 Å². The van der Waals surface area contributed by atoms with Gasteiger partial charge in [0.05, 0.1) is 5.69 Å². The first-order valence-electron chi connectivity index (χ1n) is 6.21. The summed E-state index contributed by atoms with van der Waals surface area (Å²) in [5, 5.41) is 4.59. The number of hydrogen-bond acceptors (Lipinski definition) is 3. The average molecular weight is 230 g/mol. The van der Waals surface area contributed by atoms with E-state index in [9.17, 15) is 0 Å². The fourth-order valence-corrected chi connectivity index (χ4v) is 2.38. The van der Waals surface area contributed by atoms with Crippen molar-refractivity contribution in [3.8, 4) is 0 Å². The number of H-pyrrole nitrogens is 1. The van der Waals surface area contributed by atoms with Crippen molar-refractivity contribution in [2.24, 2.45) is 0 Å². The van der Waals surface area contributed by atoms with E-state index in [0.29, 0.717) is 6.04 Å². The molecule has 0 saturated carbocycles. The number of piperazine rings is 1. The highest BCUT2D eigenvalue weighted by Crippen LogP contribution is 2.13. The van der Waals surface area contributed by atoms with Crippen molar-refractivity contribution in [3.05, 3.63) is 30.1 Å². The molecule has 1 saturated heterocycles. The minimum absolute atomic E-state index is 0.588. The Morgan fingerprint density at radius 3 is 3.24 bits per heavy atom. The third kappa shape index (κ3) is 2.18. The summed E-state index contributed by atoms with van der Waals surface area (Å²) >= 11 is 0. The van der Waals surface area contributed by atoms with Gasteiger partial charge in [0.15, 0.2) is 0 Å². The molecule has 0 bridgehead atoms. The monoisotopic (exact) mass is 230 g/mol. The van der Waals surface area contributed by atoms with Crippen molar-refractivity contribution >= 4 is 11.0 Å². The molecule has 2 aromatic rings. The maximum atomic E-state index is 4.65. The molecular weight excluding hydrogens is 212 g/mol. The Hall–Kier alpha value is -1.39. The van der Waals surface area contributed by atoms with Crippen molar-refractivity contribution in [2.75, 3.05) is 19.6 Å². The van der Waals surface area contributed by atoms with Gasteiger partial charge in [-0.05, 0) is 25.1 Å². The fourth-order valence-electron chi connectivity index (χ4n) is 2.38. The molecule has 0 aromatic carbocycles. The van der Waals surface area contributed by atoms with E-state index >= 15 is 0 Å². The molecule has 17 heavy (non-hydrogen) atoms. The van der Waals surface area contributed by atoms with E-state index in [-0.39, 0.29) is 0 Å². The van der Waals surface area contributed by atoms with Crippen LogP contribution in [0.1, 0.15) is 12.6 Å². The first kappa shape index (κ1) is 10.7. The number of aromatic nitrogens is 2. The van der Waals surface area contributed by atoms with Crippen LogP contribution in [0.2, 0.25) is 0 Å². The fraction of sp³-hybridized carbons (Fsp3) is 0.462. The second kappa shape index (κ2) is 4.47. The lowest BCUT2D eigenvalue weighted by molar-refractivity contribution is 0.164. The van der Waals surface area contributed by atoms with Gasteiger partial charge in [-0.2, -0.15) is 0 Å². The number of nitrogens with one attached hydrogen (secondary N) is 2. The van der Waals surface area contributed by atoms with Crippen molar-refractivity contribution in [1.82, 2.24) is 20.2 Å². The molecule has 4 heteroatoms. The van der Waals surface area contributed by atoms with E-state index in [0.717, 1.165) is 37.5 Å². The Morgan fingerprint density at radius 2 is 2.35 bits per heavy atom. The summed E-state index contributed by atoms with van der Waals surface area (Å²) in [5.41, 5.74) is 2.14. The number of rotatable bonds is 2. The highest BCUT2D eigenvalue weighted by Gasteiger charge is 2.18. The summed E-state index contributed by atoms with van der Waals surface area (Å²) in [6.07, 6.45) is 1.94. The number of aromatic amines is 1. The molecule has 0 aliphatic carbocycles. The molecule has 2 N–H and O–H groups in total. The van der Waals surface area contributed by atoms with Gasteiger partial charge in [0.25, 0.3) is 0 Å². The van der Waals surface area contributed by atoms with E-state index in [4.69, 9.17) is 0 Å². The standard InChI is InChI=1S/C13H18N4/c1-10-8-14-6-7-17(10)9-12-3-2-11-4-5-15-13(11)16-12/h2-5,10,14H,6-9H2,1H3,(H,15,16)/t10-/m0/s1. The van der Waals surface area contributed by atoms with Gasteiger partial charge >= 0.3 is 0 Å². The van der Waals surface area contributed by atoms with E-state index in [1.54, 1.807) is 0 Å². The maximum Gasteiger partial charge on any atom is 0.137 e. The molecule has 1 fully saturated rings. The molecule has 3 rings (SSSR count). The van der Waals surface area contributed by atoms with Crippen LogP contribution in [0.25, 0.3) is 11.0 Å². The Bertz CT molecular complexity index is 505. The Labute approximate surface area is 101 Å². The summed E-state index contributed by atoms with van der Waals surface area (Å²) in [7, 11) is 0. The van der Waals surface area contributed by atoms with E-state index in [1.807, 2.05) is 6.20 Å². The van der Waals surface area contributed by atoms with Gasteiger partial charge in [-0.15, -0.1) is 0 Å². The van der Waals surface area contributed by atoms with Crippen LogP contribution in [0.15, 0.2) is 24.4 Å². The smallest absolute Gasteiger partial charge is 0.137 e. The molecular formula is C13H18N4. The van der Waals surface area contributed by atoms with Gasteiger partial charge in [0.2, 0.25) is 0 Å². The zero-order valence-electron chi connectivity index (χ0n) is 10.1. The van der Waals surface area contributed by atoms with Crippen LogP contribution in [0, 0.1) is 0 Å². The van der Waals surface area contributed by atoms with Crippen molar-refractivity contribution in [3.63, 3.8) is 0 Å². The third-order valence-corrected chi connectivity index (χ3v) is 3.47. The minimum Gasteiger partial charge on any atom is -0.346 e. The maximum absolute atomic E-state index is 4.65. The molecule has 1 atom stereocenters.